The lowest BCUT2D eigenvalue weighted by atomic mass is 10.0. The van der Waals surface area contributed by atoms with Gasteiger partial charge in [0.15, 0.2) is 9.84 Å². The minimum atomic E-state index is -3.37. The third kappa shape index (κ3) is 5.80. The Kier molecular flexibility index (Phi) is 7.38. The van der Waals surface area contributed by atoms with Crippen molar-refractivity contribution in [2.24, 2.45) is 0 Å². The Morgan fingerprint density at radius 3 is 2.54 bits per heavy atom. The van der Waals surface area contributed by atoms with Crippen LogP contribution in [-0.4, -0.2) is 41.1 Å². The van der Waals surface area contributed by atoms with E-state index in [0.29, 0.717) is 76.9 Å². The number of nitrogens with one attached hydrogen (secondary N) is 1. The van der Waals surface area contributed by atoms with Crippen molar-refractivity contribution in [1.82, 2.24) is 9.97 Å². The van der Waals surface area contributed by atoms with E-state index in [1.807, 2.05) is 0 Å². The molecule has 5 rings (SSSR count). The summed E-state index contributed by atoms with van der Waals surface area (Å²) in [5.41, 5.74) is 4.33. The number of halogens is 1. The molecule has 1 aliphatic rings. The van der Waals surface area contributed by atoms with E-state index in [9.17, 15) is 22.4 Å². The highest BCUT2D eigenvalue weighted by molar-refractivity contribution is 7.91. The Bertz CT molecular complexity index is 1690. The maximum atomic E-state index is 13.5. The van der Waals surface area contributed by atoms with Gasteiger partial charge in [0, 0.05) is 23.2 Å². The molecular weight excluding hydrogens is 521 g/mol. The van der Waals surface area contributed by atoms with Gasteiger partial charge in [-0.25, -0.2) is 22.8 Å². The van der Waals surface area contributed by atoms with Crippen LogP contribution in [0.15, 0.2) is 65.6 Å². The normalized spacial score (nSPS) is 14.1. The average molecular weight is 548 g/mol. The van der Waals surface area contributed by atoms with Crippen LogP contribution < -0.4 is 5.32 Å². The number of carbonyl (C=O) groups excluding carboxylic acids is 1. The summed E-state index contributed by atoms with van der Waals surface area (Å²) < 4.78 is 38.4. The topological polar surface area (TPSA) is 126 Å². The molecule has 4 aromatic rings. The number of hydrogen-bond donors (Lipinski definition) is 2. The number of rotatable bonds is 8. The van der Waals surface area contributed by atoms with Crippen molar-refractivity contribution >= 4 is 38.4 Å². The van der Waals surface area contributed by atoms with Crippen LogP contribution in [0.1, 0.15) is 47.3 Å². The third-order valence-corrected chi connectivity index (χ3v) is 8.61. The molecule has 0 radical (unpaired) electrons. The Labute approximate surface area is 224 Å². The molecule has 0 aliphatic carbocycles. The first-order chi connectivity index (χ1) is 18.7. The van der Waals surface area contributed by atoms with Crippen molar-refractivity contribution in [1.29, 1.82) is 0 Å². The van der Waals surface area contributed by atoms with E-state index < -0.39 is 21.7 Å². The number of carboxylic acids is 1. The summed E-state index contributed by atoms with van der Waals surface area (Å²) in [5, 5.41) is 11.8. The van der Waals surface area contributed by atoms with Gasteiger partial charge in [-0.1, -0.05) is 6.07 Å². The third-order valence-electron chi connectivity index (χ3n) is 6.73. The zero-order chi connectivity index (χ0) is 27.6. The lowest BCUT2D eigenvalue weighted by Gasteiger charge is -2.20. The zero-order valence-electron chi connectivity index (χ0n) is 21.0. The molecule has 0 spiro atoms. The van der Waals surface area contributed by atoms with Gasteiger partial charge in [0.05, 0.1) is 33.1 Å². The van der Waals surface area contributed by atoms with E-state index in [-0.39, 0.29) is 22.9 Å². The molecule has 2 heterocycles. The second-order valence-electron chi connectivity index (χ2n) is 9.49. The van der Waals surface area contributed by atoms with Crippen LogP contribution in [0.3, 0.4) is 0 Å². The molecule has 1 aromatic heterocycles. The molecule has 1 aliphatic heterocycles. The van der Waals surface area contributed by atoms with E-state index in [1.54, 1.807) is 48.5 Å². The summed E-state index contributed by atoms with van der Waals surface area (Å²) >= 11 is 0. The van der Waals surface area contributed by atoms with E-state index in [0.717, 1.165) is 0 Å². The largest absolute Gasteiger partial charge is 0.481 e. The molecular formula is C29H26FN3O5S. The van der Waals surface area contributed by atoms with Crippen molar-refractivity contribution in [2.75, 3.05) is 11.1 Å². The summed E-state index contributed by atoms with van der Waals surface area (Å²) in [4.78, 5) is 33.9. The van der Waals surface area contributed by atoms with Crippen molar-refractivity contribution < 1.29 is 27.5 Å². The monoisotopic (exact) mass is 547 g/mol. The van der Waals surface area contributed by atoms with E-state index in [2.05, 4.69) is 5.32 Å². The number of fused-ring (bicyclic) bond motifs is 2. The molecule has 0 atom stereocenters. The number of amides is 1. The zero-order valence-corrected chi connectivity index (χ0v) is 21.8. The molecule has 0 fully saturated rings. The quantitative estimate of drug-likeness (QED) is 0.290. The van der Waals surface area contributed by atoms with Gasteiger partial charge in [-0.05, 0) is 92.3 Å². The number of carboxylic acid groups (broad SMARTS) is 1. The number of nitrogens with zero attached hydrogens (tertiary/aromatic N) is 2. The average Bonchev–Trinajstić information content (AvgIpc) is 2.91. The Morgan fingerprint density at radius 1 is 0.974 bits per heavy atom. The van der Waals surface area contributed by atoms with Crippen molar-refractivity contribution in [2.45, 2.75) is 43.4 Å². The van der Waals surface area contributed by atoms with Gasteiger partial charge in [-0.2, -0.15) is 0 Å². The summed E-state index contributed by atoms with van der Waals surface area (Å²) in [6.45, 7) is 0. The van der Waals surface area contributed by atoms with Gasteiger partial charge in [0.2, 0.25) is 0 Å². The molecule has 10 heteroatoms. The van der Waals surface area contributed by atoms with Gasteiger partial charge in [0.1, 0.15) is 5.82 Å². The minimum Gasteiger partial charge on any atom is -0.481 e. The molecule has 3 aromatic carbocycles. The van der Waals surface area contributed by atoms with Crippen LogP contribution in [0.4, 0.5) is 10.1 Å². The number of aryl methyl sites for hydroxylation is 1. The highest BCUT2D eigenvalue weighted by atomic mass is 32.2. The summed E-state index contributed by atoms with van der Waals surface area (Å²) in [6.07, 6.45) is 2.61. The maximum absolute atomic E-state index is 13.5. The Balaban J connectivity index is 1.47. The number of hydrogen-bond acceptors (Lipinski definition) is 6. The molecule has 200 valence electrons. The molecule has 0 saturated heterocycles. The number of anilines is 1. The Morgan fingerprint density at radius 2 is 1.77 bits per heavy atom. The lowest BCUT2D eigenvalue weighted by molar-refractivity contribution is -0.137. The molecule has 1 amide bonds. The fourth-order valence-electron chi connectivity index (χ4n) is 4.79. The van der Waals surface area contributed by atoms with Crippen molar-refractivity contribution in [3.63, 3.8) is 0 Å². The summed E-state index contributed by atoms with van der Waals surface area (Å²) in [5.74, 6) is -1.55. The molecule has 2 N–H and O–H groups in total. The lowest BCUT2D eigenvalue weighted by Crippen LogP contribution is -2.20. The molecule has 39 heavy (non-hydrogen) atoms. The number of carbonyl (C=O) groups is 2. The molecule has 8 nitrogen and oxygen atoms in total. The Hall–Kier alpha value is -4.18. The number of sulfone groups is 1. The highest BCUT2D eigenvalue weighted by Gasteiger charge is 2.26. The summed E-state index contributed by atoms with van der Waals surface area (Å²) in [6, 6.07) is 15.7. The first-order valence-corrected chi connectivity index (χ1v) is 14.3. The van der Waals surface area contributed by atoms with Crippen LogP contribution >= 0.6 is 0 Å². The second-order valence-corrected chi connectivity index (χ2v) is 11.6. The fourth-order valence-corrected chi connectivity index (χ4v) is 6.41. The fraction of sp³-hybridized carbons (Fsp3) is 0.241. The number of aromatic nitrogens is 2. The van der Waals surface area contributed by atoms with Crippen molar-refractivity contribution in [3.8, 4) is 11.3 Å². The highest BCUT2D eigenvalue weighted by Crippen LogP contribution is 2.31. The first-order valence-electron chi connectivity index (χ1n) is 12.7. The van der Waals surface area contributed by atoms with Crippen molar-refractivity contribution in [3.05, 3.63) is 83.3 Å². The molecule has 0 saturated carbocycles. The van der Waals surface area contributed by atoms with E-state index >= 15 is 0 Å². The van der Waals surface area contributed by atoms with E-state index in [1.165, 1.54) is 12.1 Å². The van der Waals surface area contributed by atoms with Gasteiger partial charge in [-0.15, -0.1) is 0 Å². The van der Waals surface area contributed by atoms with Crippen LogP contribution in [0.5, 0.6) is 0 Å². The maximum Gasteiger partial charge on any atom is 0.303 e. The predicted octanol–water partition coefficient (Wildman–Crippen LogP) is 5.21. The van der Waals surface area contributed by atoms with Gasteiger partial charge < -0.3 is 10.4 Å². The number of aliphatic carboxylic acids is 1. The van der Waals surface area contributed by atoms with Crippen LogP contribution in [0.25, 0.3) is 22.3 Å². The smallest absolute Gasteiger partial charge is 0.303 e. The second kappa shape index (κ2) is 10.9. The van der Waals surface area contributed by atoms with Crippen LogP contribution in [-0.2, 0) is 27.5 Å². The standard InChI is InChI=1S/C29H26FN3O5S/c30-20-13-10-18(11-14-20)28-24(6-1-2-9-27(34)35)31-25-17-19(12-15-23(25)32-28)29(36)33-22-7-3-8-26-21(22)5-4-16-39(26,37)38/h3,7-8,10-15,17H,1-2,4-6,9,16H2,(H,33,36)(H,34,35). The van der Waals surface area contributed by atoms with Gasteiger partial charge in [0.25, 0.3) is 5.91 Å². The van der Waals surface area contributed by atoms with Gasteiger partial charge >= 0.3 is 5.97 Å². The SMILES string of the molecule is O=C(O)CCCCc1nc2cc(C(=O)Nc3cccc4c3CCCS4(=O)=O)ccc2nc1-c1ccc(F)cc1. The molecule has 0 unspecified atom stereocenters. The van der Waals surface area contributed by atoms with Gasteiger partial charge in [-0.3, -0.25) is 9.59 Å². The minimum absolute atomic E-state index is 0.0434. The van der Waals surface area contributed by atoms with Crippen LogP contribution in [0.2, 0.25) is 0 Å². The number of benzene rings is 3. The number of unbranched alkanes of at least 4 members (excludes halogenated alkanes) is 1. The van der Waals surface area contributed by atoms with Crippen LogP contribution in [0, 0.1) is 5.82 Å². The first kappa shape index (κ1) is 26.4. The van der Waals surface area contributed by atoms with E-state index in [4.69, 9.17) is 15.1 Å². The molecule has 0 bridgehead atoms. The predicted molar refractivity (Wildman–Crippen MR) is 145 cm³/mol. The summed E-state index contributed by atoms with van der Waals surface area (Å²) in [7, 11) is -3.37.